The number of likely N-dealkylation sites (tertiary alicyclic amines) is 1. The summed E-state index contributed by atoms with van der Waals surface area (Å²) in [6.45, 7) is 2.25. The molecule has 0 aromatic heterocycles. The summed E-state index contributed by atoms with van der Waals surface area (Å²) in [4.78, 5) is 25.1. The molecule has 0 radical (unpaired) electrons. The van der Waals surface area contributed by atoms with Gasteiger partial charge in [0.15, 0.2) is 0 Å². The number of nitrogens with one attached hydrogen (secondary N) is 1. The number of ketones is 1. The highest BCUT2D eigenvalue weighted by atomic mass is 35.5. The van der Waals surface area contributed by atoms with E-state index in [1.54, 1.807) is 24.0 Å². The third-order valence-corrected chi connectivity index (χ3v) is 3.61. The standard InChI is InChI=1S/C14H17ClN2O2/c1-10(18)9-11-5-4-8-17(11)14(19)16-13-7-3-2-6-12(13)15/h2-3,6-7,11H,4-5,8-9H2,1H3,(H,16,19). The van der Waals surface area contributed by atoms with E-state index >= 15 is 0 Å². The van der Waals surface area contributed by atoms with Gasteiger partial charge in [-0.25, -0.2) is 4.79 Å². The summed E-state index contributed by atoms with van der Waals surface area (Å²) in [5.41, 5.74) is 0.600. The summed E-state index contributed by atoms with van der Waals surface area (Å²) in [5, 5.41) is 3.31. The lowest BCUT2D eigenvalue weighted by atomic mass is 10.1. The van der Waals surface area contributed by atoms with Crippen LogP contribution in [0.5, 0.6) is 0 Å². The Hall–Kier alpha value is -1.55. The van der Waals surface area contributed by atoms with Crippen LogP contribution < -0.4 is 5.32 Å². The van der Waals surface area contributed by atoms with Gasteiger partial charge in [0, 0.05) is 19.0 Å². The average Bonchev–Trinajstić information content (AvgIpc) is 2.79. The molecule has 1 saturated heterocycles. The second-order valence-electron chi connectivity index (χ2n) is 4.81. The van der Waals surface area contributed by atoms with Crippen molar-refractivity contribution >= 4 is 29.1 Å². The van der Waals surface area contributed by atoms with Gasteiger partial charge in [-0.2, -0.15) is 0 Å². The van der Waals surface area contributed by atoms with Gasteiger partial charge in [-0.15, -0.1) is 0 Å². The third-order valence-electron chi connectivity index (χ3n) is 3.28. The van der Waals surface area contributed by atoms with E-state index in [-0.39, 0.29) is 17.9 Å². The Kier molecular flexibility index (Phi) is 4.43. The number of hydrogen-bond donors (Lipinski definition) is 1. The SMILES string of the molecule is CC(=O)CC1CCCN1C(=O)Nc1ccccc1Cl. The number of anilines is 1. The number of amides is 2. The van der Waals surface area contributed by atoms with E-state index in [1.165, 1.54) is 0 Å². The molecule has 1 aliphatic rings. The average molecular weight is 281 g/mol. The molecule has 4 nitrogen and oxygen atoms in total. The normalized spacial score (nSPS) is 18.4. The topological polar surface area (TPSA) is 49.4 Å². The van der Waals surface area contributed by atoms with Gasteiger partial charge in [0.2, 0.25) is 0 Å². The van der Waals surface area contributed by atoms with Crippen molar-refractivity contribution in [1.82, 2.24) is 4.90 Å². The predicted octanol–water partition coefficient (Wildman–Crippen LogP) is 3.32. The summed E-state index contributed by atoms with van der Waals surface area (Å²) < 4.78 is 0. The van der Waals surface area contributed by atoms with E-state index in [4.69, 9.17) is 11.6 Å². The van der Waals surface area contributed by atoms with Crippen molar-refractivity contribution in [3.63, 3.8) is 0 Å². The monoisotopic (exact) mass is 280 g/mol. The van der Waals surface area contributed by atoms with Crippen molar-refractivity contribution in [3.05, 3.63) is 29.3 Å². The van der Waals surface area contributed by atoms with Crippen molar-refractivity contribution in [2.75, 3.05) is 11.9 Å². The molecule has 0 saturated carbocycles. The lowest BCUT2D eigenvalue weighted by molar-refractivity contribution is -0.117. The largest absolute Gasteiger partial charge is 0.322 e. The van der Waals surface area contributed by atoms with Crippen LogP contribution in [0.1, 0.15) is 26.2 Å². The van der Waals surface area contributed by atoms with Gasteiger partial charge in [-0.05, 0) is 31.9 Å². The van der Waals surface area contributed by atoms with Crippen molar-refractivity contribution in [3.8, 4) is 0 Å². The van der Waals surface area contributed by atoms with Gasteiger partial charge in [-0.1, -0.05) is 23.7 Å². The van der Waals surface area contributed by atoms with E-state index in [9.17, 15) is 9.59 Å². The zero-order chi connectivity index (χ0) is 13.8. The summed E-state index contributed by atoms with van der Waals surface area (Å²) in [5.74, 6) is 0.113. The maximum atomic E-state index is 12.2. The third kappa shape index (κ3) is 3.47. The number of hydrogen-bond acceptors (Lipinski definition) is 2. The molecule has 0 bridgehead atoms. The Morgan fingerprint density at radius 1 is 1.42 bits per heavy atom. The molecule has 19 heavy (non-hydrogen) atoms. The molecule has 2 rings (SSSR count). The second-order valence-corrected chi connectivity index (χ2v) is 5.21. The van der Waals surface area contributed by atoms with E-state index in [1.807, 2.05) is 12.1 Å². The maximum absolute atomic E-state index is 12.2. The predicted molar refractivity (Wildman–Crippen MR) is 75.5 cm³/mol. The maximum Gasteiger partial charge on any atom is 0.322 e. The van der Waals surface area contributed by atoms with E-state index in [2.05, 4.69) is 5.32 Å². The van der Waals surface area contributed by atoms with Crippen LogP contribution in [0.15, 0.2) is 24.3 Å². The number of Topliss-reactive ketones (excluding diaryl/α,β-unsaturated/α-hetero) is 1. The van der Waals surface area contributed by atoms with Crippen LogP contribution in [0.2, 0.25) is 5.02 Å². The fourth-order valence-electron chi connectivity index (χ4n) is 2.40. The molecule has 0 aliphatic carbocycles. The number of rotatable bonds is 3. The highest BCUT2D eigenvalue weighted by Gasteiger charge is 2.29. The number of urea groups is 1. The summed E-state index contributed by atoms with van der Waals surface area (Å²) in [7, 11) is 0. The number of halogens is 1. The fourth-order valence-corrected chi connectivity index (χ4v) is 2.58. The van der Waals surface area contributed by atoms with Gasteiger partial charge in [0.1, 0.15) is 5.78 Å². The molecule has 1 heterocycles. The van der Waals surface area contributed by atoms with Crippen molar-refractivity contribution in [1.29, 1.82) is 0 Å². The molecular formula is C14H17ClN2O2. The number of nitrogens with zero attached hydrogens (tertiary/aromatic N) is 1. The van der Waals surface area contributed by atoms with E-state index < -0.39 is 0 Å². The quantitative estimate of drug-likeness (QED) is 0.923. The zero-order valence-corrected chi connectivity index (χ0v) is 11.6. The first-order valence-electron chi connectivity index (χ1n) is 6.39. The molecule has 1 aromatic carbocycles. The highest BCUT2D eigenvalue weighted by Crippen LogP contribution is 2.24. The van der Waals surface area contributed by atoms with Crippen LogP contribution >= 0.6 is 11.6 Å². The van der Waals surface area contributed by atoms with Crippen LogP contribution in [0.4, 0.5) is 10.5 Å². The van der Waals surface area contributed by atoms with Gasteiger partial charge >= 0.3 is 6.03 Å². The molecule has 102 valence electrons. The number of carbonyl (C=O) groups is 2. The smallest absolute Gasteiger partial charge is 0.321 e. The molecule has 1 aliphatic heterocycles. The Bertz CT molecular complexity index is 490. The Morgan fingerprint density at radius 2 is 2.16 bits per heavy atom. The minimum absolute atomic E-state index is 0.0139. The molecule has 2 amide bonds. The van der Waals surface area contributed by atoms with Crippen LogP contribution in [-0.2, 0) is 4.79 Å². The molecule has 1 unspecified atom stereocenters. The lowest BCUT2D eigenvalue weighted by Gasteiger charge is -2.24. The molecular weight excluding hydrogens is 264 g/mol. The van der Waals surface area contributed by atoms with Crippen LogP contribution in [-0.4, -0.2) is 29.3 Å². The first-order valence-corrected chi connectivity index (χ1v) is 6.77. The summed E-state index contributed by atoms with van der Waals surface area (Å²) in [6, 6.07) is 6.95. The molecule has 1 aromatic rings. The highest BCUT2D eigenvalue weighted by molar-refractivity contribution is 6.33. The van der Waals surface area contributed by atoms with Gasteiger partial charge < -0.3 is 10.2 Å². The second kappa shape index (κ2) is 6.06. The Morgan fingerprint density at radius 3 is 2.84 bits per heavy atom. The number of benzene rings is 1. The molecule has 1 atom stereocenters. The van der Waals surface area contributed by atoms with Crippen molar-refractivity contribution in [2.24, 2.45) is 0 Å². The van der Waals surface area contributed by atoms with Crippen molar-refractivity contribution in [2.45, 2.75) is 32.2 Å². The molecule has 5 heteroatoms. The summed E-state index contributed by atoms with van der Waals surface area (Å²) >= 11 is 6.01. The first-order chi connectivity index (χ1) is 9.08. The van der Waals surface area contributed by atoms with Crippen molar-refractivity contribution < 1.29 is 9.59 Å². The molecule has 1 fully saturated rings. The lowest BCUT2D eigenvalue weighted by Crippen LogP contribution is -2.39. The minimum Gasteiger partial charge on any atom is -0.321 e. The zero-order valence-electron chi connectivity index (χ0n) is 10.9. The first kappa shape index (κ1) is 13.9. The number of para-hydroxylation sites is 1. The van der Waals surface area contributed by atoms with E-state index in [0.29, 0.717) is 23.7 Å². The van der Waals surface area contributed by atoms with Crippen LogP contribution in [0, 0.1) is 0 Å². The number of carbonyl (C=O) groups excluding carboxylic acids is 2. The van der Waals surface area contributed by atoms with Gasteiger partial charge in [-0.3, -0.25) is 4.79 Å². The van der Waals surface area contributed by atoms with E-state index in [0.717, 1.165) is 12.8 Å². The Labute approximate surface area is 117 Å². The minimum atomic E-state index is -0.183. The Balaban J connectivity index is 2.03. The fraction of sp³-hybridized carbons (Fsp3) is 0.429. The van der Waals surface area contributed by atoms with Gasteiger partial charge in [0.05, 0.1) is 10.7 Å². The van der Waals surface area contributed by atoms with Gasteiger partial charge in [0.25, 0.3) is 0 Å². The molecule has 1 N–H and O–H groups in total. The van der Waals surface area contributed by atoms with Crippen LogP contribution in [0.3, 0.4) is 0 Å². The summed E-state index contributed by atoms with van der Waals surface area (Å²) in [6.07, 6.45) is 2.25. The van der Waals surface area contributed by atoms with Crippen LogP contribution in [0.25, 0.3) is 0 Å². The molecule has 0 spiro atoms.